The van der Waals surface area contributed by atoms with Gasteiger partial charge in [-0.05, 0) is 110 Å². The number of nitrogens with zero attached hydrogens (tertiary/aromatic N) is 2. The van der Waals surface area contributed by atoms with Crippen molar-refractivity contribution in [3.8, 4) is 22.8 Å². The Morgan fingerprint density at radius 1 is 1.05 bits per heavy atom. The summed E-state index contributed by atoms with van der Waals surface area (Å²) < 4.78 is 12.1. The van der Waals surface area contributed by atoms with Crippen molar-refractivity contribution in [1.29, 1.82) is 0 Å². The van der Waals surface area contributed by atoms with Crippen LogP contribution in [0.25, 0.3) is 11.1 Å². The van der Waals surface area contributed by atoms with E-state index in [-0.39, 0.29) is 12.0 Å². The molecule has 5 atom stereocenters. The molecule has 2 aliphatic heterocycles. The molecule has 0 unspecified atom stereocenters. The van der Waals surface area contributed by atoms with Crippen LogP contribution in [0.5, 0.6) is 11.6 Å². The summed E-state index contributed by atoms with van der Waals surface area (Å²) in [6.07, 6.45) is 8.31. The third-order valence-corrected chi connectivity index (χ3v) is 9.72. The summed E-state index contributed by atoms with van der Waals surface area (Å²) >= 11 is 0. The normalized spacial score (nSPS) is 23.9. The average molecular weight is 555 g/mol. The molecule has 0 amide bonds. The second-order valence-electron chi connectivity index (χ2n) is 12.5. The zero-order chi connectivity index (χ0) is 28.7. The highest BCUT2D eigenvalue weighted by molar-refractivity contribution is 5.71. The molecule has 1 saturated carbocycles. The van der Waals surface area contributed by atoms with Gasteiger partial charge in [-0.25, -0.2) is 4.98 Å². The Hall–Kier alpha value is -3.38. The molecule has 1 aromatic heterocycles. The first-order valence-corrected chi connectivity index (χ1v) is 15.2. The Morgan fingerprint density at radius 3 is 2.54 bits per heavy atom. The number of aliphatic carboxylic acids is 1. The highest BCUT2D eigenvalue weighted by atomic mass is 16.5. The van der Waals surface area contributed by atoms with Crippen LogP contribution in [-0.2, 0) is 17.8 Å². The Labute approximate surface area is 243 Å². The number of aromatic nitrogens is 1. The largest absolute Gasteiger partial charge is 0.485 e. The number of methoxy groups -OCH3 is 1. The average Bonchev–Trinajstić information content (AvgIpc) is 3.78. The lowest BCUT2D eigenvalue weighted by molar-refractivity contribution is -0.142. The maximum Gasteiger partial charge on any atom is 0.306 e. The van der Waals surface area contributed by atoms with Gasteiger partial charge in [0.05, 0.1) is 13.0 Å². The zero-order valence-corrected chi connectivity index (χ0v) is 24.7. The van der Waals surface area contributed by atoms with Gasteiger partial charge < -0.3 is 14.6 Å². The molecule has 41 heavy (non-hydrogen) atoms. The summed E-state index contributed by atoms with van der Waals surface area (Å²) in [4.78, 5) is 18.8. The summed E-state index contributed by atoms with van der Waals surface area (Å²) in [6, 6.07) is 18.4. The highest BCUT2D eigenvalue weighted by Crippen LogP contribution is 2.48. The molecule has 0 spiro atoms. The molecule has 3 aromatic rings. The van der Waals surface area contributed by atoms with Gasteiger partial charge in [0.2, 0.25) is 5.88 Å². The van der Waals surface area contributed by atoms with Crippen molar-refractivity contribution >= 4 is 5.97 Å². The second kappa shape index (κ2) is 11.5. The molecular formula is C35H42N2O4. The van der Waals surface area contributed by atoms with Crippen LogP contribution in [0.1, 0.15) is 87.2 Å². The maximum absolute atomic E-state index is 11.9. The number of pyridine rings is 1. The summed E-state index contributed by atoms with van der Waals surface area (Å²) in [5, 5.41) is 9.77. The van der Waals surface area contributed by atoms with E-state index in [2.05, 4.69) is 66.2 Å². The quantitative estimate of drug-likeness (QED) is 0.297. The van der Waals surface area contributed by atoms with Crippen molar-refractivity contribution in [2.75, 3.05) is 7.11 Å². The number of aryl methyl sites for hydroxylation is 1. The Morgan fingerprint density at radius 2 is 1.83 bits per heavy atom. The van der Waals surface area contributed by atoms with Gasteiger partial charge in [0.1, 0.15) is 11.9 Å². The van der Waals surface area contributed by atoms with Crippen LogP contribution in [0.4, 0.5) is 0 Å². The molecular weight excluding hydrogens is 512 g/mol. The second-order valence-corrected chi connectivity index (χ2v) is 12.5. The first-order chi connectivity index (χ1) is 19.8. The Bertz CT molecular complexity index is 1410. The number of ether oxygens (including phenoxy) is 2. The van der Waals surface area contributed by atoms with E-state index in [0.29, 0.717) is 23.9 Å². The molecule has 6 heteroatoms. The van der Waals surface area contributed by atoms with Gasteiger partial charge in [-0.15, -0.1) is 0 Å². The van der Waals surface area contributed by atoms with Crippen LogP contribution < -0.4 is 9.47 Å². The van der Waals surface area contributed by atoms with Gasteiger partial charge in [0, 0.05) is 30.9 Å². The number of hydrogen-bond acceptors (Lipinski definition) is 5. The molecule has 216 valence electrons. The first kappa shape index (κ1) is 27.8. The number of carboxylic acid groups (broad SMARTS) is 1. The Kier molecular flexibility index (Phi) is 7.78. The van der Waals surface area contributed by atoms with E-state index in [4.69, 9.17) is 9.47 Å². The van der Waals surface area contributed by atoms with Gasteiger partial charge in [-0.1, -0.05) is 37.3 Å². The van der Waals surface area contributed by atoms with Crippen molar-refractivity contribution in [3.63, 3.8) is 0 Å². The number of rotatable bonds is 9. The molecule has 2 aromatic carbocycles. The molecule has 0 radical (unpaired) electrons. The number of likely N-dealkylation sites (tertiary alicyclic amines) is 1. The van der Waals surface area contributed by atoms with E-state index in [1.165, 1.54) is 35.1 Å². The number of carbonyl (C=O) groups is 1. The van der Waals surface area contributed by atoms with E-state index >= 15 is 0 Å². The number of benzene rings is 2. The highest BCUT2D eigenvalue weighted by Gasteiger charge is 2.39. The van der Waals surface area contributed by atoms with Gasteiger partial charge in [-0.3, -0.25) is 9.69 Å². The van der Waals surface area contributed by atoms with Gasteiger partial charge in [0.25, 0.3) is 0 Å². The van der Waals surface area contributed by atoms with Crippen LogP contribution in [0.15, 0.2) is 54.7 Å². The molecule has 3 aliphatic rings. The van der Waals surface area contributed by atoms with Crippen molar-refractivity contribution < 1.29 is 19.4 Å². The van der Waals surface area contributed by atoms with Crippen LogP contribution in [-0.4, -0.2) is 40.2 Å². The zero-order valence-electron chi connectivity index (χ0n) is 24.7. The van der Waals surface area contributed by atoms with E-state index in [9.17, 15) is 9.90 Å². The summed E-state index contributed by atoms with van der Waals surface area (Å²) in [5.41, 5.74) is 7.11. The maximum atomic E-state index is 11.9. The van der Waals surface area contributed by atoms with Crippen LogP contribution in [0, 0.1) is 11.8 Å². The van der Waals surface area contributed by atoms with E-state index in [1.54, 1.807) is 7.11 Å². The van der Waals surface area contributed by atoms with Crippen LogP contribution in [0.3, 0.4) is 0 Å². The van der Waals surface area contributed by atoms with Gasteiger partial charge in [0.15, 0.2) is 0 Å². The smallest absolute Gasteiger partial charge is 0.306 e. The molecule has 1 saturated heterocycles. The lowest BCUT2D eigenvalue weighted by Gasteiger charge is -2.30. The van der Waals surface area contributed by atoms with Gasteiger partial charge >= 0.3 is 5.97 Å². The minimum absolute atomic E-state index is 0.0365. The number of fused-ring (bicyclic) bond motifs is 1. The standard InChI is InChI=1S/C35H42N2O4/c1-21-5-6-22(2)37(21)20-29-17-27(11-13-30(29)26-15-16-36-33(19-26)40-4)31-14-12-24-7-10-28(18-32(24)41-31)34(25-8-9-25)23(3)35(38)39/h7,10-11,13,15-19,21-23,25,31,34H,5-6,8-9,12,14,20H2,1-4H3,(H,38,39)/t21-,22+,23-,31-,34-/m0/s1. The molecule has 6 nitrogen and oxygen atoms in total. The predicted octanol–water partition coefficient (Wildman–Crippen LogP) is 7.41. The number of carboxylic acids is 1. The lowest BCUT2D eigenvalue weighted by atomic mass is 9.82. The fourth-order valence-electron chi connectivity index (χ4n) is 7.08. The van der Waals surface area contributed by atoms with Gasteiger partial charge in [-0.2, -0.15) is 0 Å². The van der Waals surface area contributed by atoms with Crippen LogP contribution in [0.2, 0.25) is 0 Å². The molecule has 1 aliphatic carbocycles. The number of hydrogen-bond donors (Lipinski definition) is 1. The predicted molar refractivity (Wildman–Crippen MR) is 160 cm³/mol. The topological polar surface area (TPSA) is 71.9 Å². The molecule has 6 rings (SSSR count). The van der Waals surface area contributed by atoms with Crippen LogP contribution >= 0.6 is 0 Å². The SMILES string of the molecule is COc1cc(-c2ccc([C@@H]3CCc4ccc([C@H](C5CC5)[C@H](C)C(=O)O)cc4O3)cc2CN2[C@H](C)CC[C@@H]2C)ccn1. The van der Waals surface area contributed by atoms with E-state index in [0.717, 1.165) is 49.1 Å². The minimum Gasteiger partial charge on any atom is -0.485 e. The molecule has 3 heterocycles. The van der Waals surface area contributed by atoms with Crippen molar-refractivity contribution in [1.82, 2.24) is 9.88 Å². The molecule has 0 bridgehead atoms. The molecule has 1 N–H and O–H groups in total. The van der Waals surface area contributed by atoms with E-state index in [1.807, 2.05) is 19.2 Å². The first-order valence-electron chi connectivity index (χ1n) is 15.2. The Balaban J connectivity index is 1.31. The summed E-state index contributed by atoms with van der Waals surface area (Å²) in [5.74, 6) is 0.889. The minimum atomic E-state index is -0.723. The van der Waals surface area contributed by atoms with Crippen molar-refractivity contribution in [2.24, 2.45) is 11.8 Å². The molecule has 2 fully saturated rings. The fourth-order valence-corrected chi connectivity index (χ4v) is 7.08. The van der Waals surface area contributed by atoms with Crippen molar-refractivity contribution in [2.45, 2.75) is 89.9 Å². The lowest BCUT2D eigenvalue weighted by Crippen LogP contribution is -2.32. The summed E-state index contributed by atoms with van der Waals surface area (Å²) in [7, 11) is 1.66. The van der Waals surface area contributed by atoms with E-state index < -0.39 is 11.9 Å². The van der Waals surface area contributed by atoms with Crippen molar-refractivity contribution in [3.05, 3.63) is 77.0 Å². The fraction of sp³-hybridized carbons (Fsp3) is 0.486. The third kappa shape index (κ3) is 5.72. The summed E-state index contributed by atoms with van der Waals surface area (Å²) in [6.45, 7) is 7.40. The third-order valence-electron chi connectivity index (χ3n) is 9.72. The monoisotopic (exact) mass is 554 g/mol.